The summed E-state index contributed by atoms with van der Waals surface area (Å²) in [6, 6.07) is 5.53. The predicted molar refractivity (Wildman–Crippen MR) is 100.0 cm³/mol. The summed E-state index contributed by atoms with van der Waals surface area (Å²) in [6.45, 7) is 3.41. The fourth-order valence-electron chi connectivity index (χ4n) is 3.32. The molecule has 1 aromatic heterocycles. The number of carbonyl (C=O) groups is 1. The minimum Gasteiger partial charge on any atom is -0.419 e. The third-order valence-corrected chi connectivity index (χ3v) is 6.43. The molecule has 3 rings (SSSR count). The quantitative estimate of drug-likeness (QED) is 0.832. The smallest absolute Gasteiger partial charge is 0.247 e. The van der Waals surface area contributed by atoms with Gasteiger partial charge in [0.05, 0.1) is 16.3 Å². The highest BCUT2D eigenvalue weighted by molar-refractivity contribution is 7.85. The van der Waals surface area contributed by atoms with Gasteiger partial charge in [0.1, 0.15) is 5.78 Å². The van der Waals surface area contributed by atoms with E-state index in [2.05, 4.69) is 10.2 Å². The van der Waals surface area contributed by atoms with Crippen molar-refractivity contribution in [1.82, 2.24) is 10.2 Å². The van der Waals surface area contributed by atoms with Crippen molar-refractivity contribution < 1.29 is 13.4 Å². The summed E-state index contributed by atoms with van der Waals surface area (Å²) in [7, 11) is -1.19. The van der Waals surface area contributed by atoms with Crippen LogP contribution < -0.4 is 5.73 Å². The maximum atomic E-state index is 12.4. The molecule has 1 aromatic carbocycles. The van der Waals surface area contributed by atoms with Crippen molar-refractivity contribution in [2.45, 2.75) is 62.8 Å². The molecule has 1 aliphatic carbocycles. The highest BCUT2D eigenvalue weighted by atomic mass is 32.2. The summed E-state index contributed by atoms with van der Waals surface area (Å²) in [5, 5.41) is 8.35. The van der Waals surface area contributed by atoms with Gasteiger partial charge in [-0.2, -0.15) is 0 Å². The zero-order valence-corrected chi connectivity index (χ0v) is 16.1. The number of nitrogens with two attached hydrogens (primary N) is 1. The van der Waals surface area contributed by atoms with E-state index in [-0.39, 0.29) is 5.78 Å². The number of aromatic nitrogens is 2. The van der Waals surface area contributed by atoms with E-state index in [0.717, 1.165) is 41.7 Å². The van der Waals surface area contributed by atoms with Crippen molar-refractivity contribution in [2.75, 3.05) is 5.75 Å². The summed E-state index contributed by atoms with van der Waals surface area (Å²) < 4.78 is 18.2. The molecule has 0 bridgehead atoms. The molecule has 2 N–H and O–H groups in total. The van der Waals surface area contributed by atoms with E-state index >= 15 is 0 Å². The van der Waals surface area contributed by atoms with E-state index in [0.29, 0.717) is 24.0 Å². The van der Waals surface area contributed by atoms with Crippen LogP contribution in [0.15, 0.2) is 27.5 Å². The highest BCUT2D eigenvalue weighted by Gasteiger charge is 2.35. The zero-order chi connectivity index (χ0) is 18.7. The maximum Gasteiger partial charge on any atom is 0.247 e. The zero-order valence-electron chi connectivity index (χ0n) is 15.3. The molecule has 140 valence electrons. The first kappa shape index (κ1) is 18.9. The number of aryl methyl sites for hydroxylation is 1. The van der Waals surface area contributed by atoms with Crippen LogP contribution in [0.4, 0.5) is 0 Å². The van der Waals surface area contributed by atoms with Gasteiger partial charge in [-0.15, -0.1) is 10.2 Å². The minimum atomic E-state index is -1.19. The molecule has 26 heavy (non-hydrogen) atoms. The summed E-state index contributed by atoms with van der Waals surface area (Å²) in [4.78, 5) is 11.8. The van der Waals surface area contributed by atoms with Crippen molar-refractivity contribution in [3.05, 3.63) is 29.7 Å². The van der Waals surface area contributed by atoms with Crippen molar-refractivity contribution in [2.24, 2.45) is 5.73 Å². The van der Waals surface area contributed by atoms with Crippen LogP contribution in [0.25, 0.3) is 11.5 Å². The average molecular weight is 375 g/mol. The molecule has 0 amide bonds. The van der Waals surface area contributed by atoms with Gasteiger partial charge in [-0.1, -0.05) is 19.3 Å². The summed E-state index contributed by atoms with van der Waals surface area (Å²) >= 11 is 0. The van der Waals surface area contributed by atoms with Gasteiger partial charge in [-0.25, -0.2) is 0 Å². The third-order valence-electron chi connectivity index (χ3n) is 4.90. The van der Waals surface area contributed by atoms with E-state index in [1.807, 2.05) is 25.1 Å². The van der Waals surface area contributed by atoms with E-state index < -0.39 is 16.3 Å². The number of rotatable bonds is 6. The molecule has 7 heteroatoms. The van der Waals surface area contributed by atoms with Gasteiger partial charge < -0.3 is 10.2 Å². The Morgan fingerprint density at radius 3 is 2.65 bits per heavy atom. The van der Waals surface area contributed by atoms with Crippen molar-refractivity contribution in [1.29, 1.82) is 0 Å². The number of ketones is 1. The van der Waals surface area contributed by atoms with Gasteiger partial charge in [0.25, 0.3) is 0 Å². The molecule has 1 atom stereocenters. The molecule has 1 saturated carbocycles. The van der Waals surface area contributed by atoms with Crippen LogP contribution in [0.5, 0.6) is 0 Å². The lowest BCUT2D eigenvalue weighted by Crippen LogP contribution is -2.38. The second kappa shape index (κ2) is 7.80. The molecule has 0 aliphatic heterocycles. The number of carbonyl (C=O) groups excluding carboxylic acids is 1. The molecule has 1 unspecified atom stereocenters. The first-order valence-electron chi connectivity index (χ1n) is 9.01. The maximum absolute atomic E-state index is 12.4. The SMILES string of the molecule is CC(=O)CCS(=O)c1ccc(-c2nnc(C3(N)CCCCC3)o2)cc1C. The summed E-state index contributed by atoms with van der Waals surface area (Å²) in [6.07, 6.45) is 5.40. The molecule has 0 radical (unpaired) electrons. The number of hydrogen-bond acceptors (Lipinski definition) is 6. The molecule has 1 heterocycles. The van der Waals surface area contributed by atoms with Crippen molar-refractivity contribution in [3.8, 4) is 11.5 Å². The lowest BCUT2D eigenvalue weighted by atomic mass is 9.82. The molecule has 0 spiro atoms. The van der Waals surface area contributed by atoms with Crippen LogP contribution in [0, 0.1) is 6.92 Å². The monoisotopic (exact) mass is 375 g/mol. The molecule has 2 aromatic rings. The highest BCUT2D eigenvalue weighted by Crippen LogP contribution is 2.35. The van der Waals surface area contributed by atoms with E-state index in [9.17, 15) is 9.00 Å². The standard InChI is InChI=1S/C19H25N3O3S/c1-13-12-15(6-7-16(13)26(24)11-8-14(2)23)17-21-22-18(25-17)19(20)9-4-3-5-10-19/h6-7,12H,3-5,8-11,20H2,1-2H3. The Balaban J connectivity index is 1.79. The number of hydrogen-bond donors (Lipinski definition) is 1. The number of nitrogens with zero attached hydrogens (tertiary/aromatic N) is 2. The minimum absolute atomic E-state index is 0.0458. The Kier molecular flexibility index (Phi) is 5.67. The average Bonchev–Trinajstić information content (AvgIpc) is 3.11. The van der Waals surface area contributed by atoms with Gasteiger partial charge >= 0.3 is 0 Å². The first-order valence-corrected chi connectivity index (χ1v) is 10.3. The Morgan fingerprint density at radius 2 is 2.00 bits per heavy atom. The Bertz CT molecular complexity index is 825. The van der Waals surface area contributed by atoms with Gasteiger partial charge in [0, 0.05) is 22.6 Å². The van der Waals surface area contributed by atoms with Crippen LogP contribution in [0.3, 0.4) is 0 Å². The van der Waals surface area contributed by atoms with Gasteiger partial charge in [0.2, 0.25) is 11.8 Å². The topological polar surface area (TPSA) is 99.1 Å². The summed E-state index contributed by atoms with van der Waals surface area (Å²) in [5.41, 5.74) is 7.60. The van der Waals surface area contributed by atoms with Crippen molar-refractivity contribution in [3.63, 3.8) is 0 Å². The second-order valence-corrected chi connectivity index (χ2v) is 8.65. The molecular formula is C19H25N3O3S. The fraction of sp³-hybridized carbons (Fsp3) is 0.526. The summed E-state index contributed by atoms with van der Waals surface area (Å²) in [5.74, 6) is 1.32. The van der Waals surface area contributed by atoms with E-state index in [1.54, 1.807) is 0 Å². The Morgan fingerprint density at radius 1 is 1.27 bits per heavy atom. The van der Waals surface area contributed by atoms with Crippen LogP contribution in [-0.2, 0) is 21.1 Å². The van der Waals surface area contributed by atoms with Gasteiger partial charge in [-0.3, -0.25) is 9.00 Å². The van der Waals surface area contributed by atoms with Crippen LogP contribution >= 0.6 is 0 Å². The molecule has 1 fully saturated rings. The predicted octanol–water partition coefficient (Wildman–Crippen LogP) is 3.25. The molecular weight excluding hydrogens is 350 g/mol. The Labute approximate surface area is 156 Å². The lowest BCUT2D eigenvalue weighted by molar-refractivity contribution is -0.116. The van der Waals surface area contributed by atoms with Crippen molar-refractivity contribution >= 4 is 16.6 Å². The van der Waals surface area contributed by atoms with Crippen LogP contribution in [0.2, 0.25) is 0 Å². The first-order chi connectivity index (χ1) is 12.4. The van der Waals surface area contributed by atoms with Crippen LogP contribution in [0.1, 0.15) is 56.9 Å². The number of Topliss-reactive ketones (excluding diaryl/α,β-unsaturated/α-hetero) is 1. The largest absolute Gasteiger partial charge is 0.419 e. The lowest BCUT2D eigenvalue weighted by Gasteiger charge is -2.29. The molecule has 0 saturated heterocycles. The van der Waals surface area contributed by atoms with E-state index in [4.69, 9.17) is 10.2 Å². The normalized spacial score (nSPS) is 17.8. The third kappa shape index (κ3) is 4.10. The van der Waals surface area contributed by atoms with E-state index in [1.165, 1.54) is 13.3 Å². The van der Waals surface area contributed by atoms with Gasteiger partial charge in [0.15, 0.2) is 0 Å². The molecule has 1 aliphatic rings. The second-order valence-electron chi connectivity index (χ2n) is 7.11. The fourth-order valence-corrected chi connectivity index (χ4v) is 4.65. The molecule has 6 nitrogen and oxygen atoms in total. The Hall–Kier alpha value is -1.86. The van der Waals surface area contributed by atoms with Gasteiger partial charge in [-0.05, 0) is 50.5 Å². The van der Waals surface area contributed by atoms with Crippen LogP contribution in [-0.4, -0.2) is 25.9 Å². The number of benzene rings is 1.